The molecule has 0 saturated heterocycles. The topological polar surface area (TPSA) is 128 Å². The van der Waals surface area contributed by atoms with Crippen molar-refractivity contribution in [1.82, 2.24) is 9.80 Å². The molecule has 12 heteroatoms. The zero-order chi connectivity index (χ0) is 32.6. The second-order valence-corrected chi connectivity index (χ2v) is 11.1. The van der Waals surface area contributed by atoms with E-state index in [2.05, 4.69) is 5.32 Å². The van der Waals surface area contributed by atoms with Crippen LogP contribution in [0.1, 0.15) is 48.2 Å². The highest BCUT2D eigenvalue weighted by Crippen LogP contribution is 2.33. The molecule has 0 bridgehead atoms. The van der Waals surface area contributed by atoms with Crippen molar-refractivity contribution in [3.05, 3.63) is 98.9 Å². The van der Waals surface area contributed by atoms with Gasteiger partial charge in [0.2, 0.25) is 12.7 Å². The Morgan fingerprint density at radius 1 is 0.935 bits per heavy atom. The maximum absolute atomic E-state index is 14.0. The number of urea groups is 1. The molecular weight excluding hydrogens is 614 g/mol. The standard InChI is InChI=1S/C34H34ClN3O8/c1-3-5-14-37(34(42)36-26-10-7-23(8-11-26)33(41)43-4-2)19-31(39)38(17-22-6-12-29-30(15-22)46-21-45-29)18-24-20-44-28-13-9-25(35)16-27(28)32(24)40/h6-13,15-16,20H,3-5,14,17-19,21H2,1-2H3,(H,36,42). The molecule has 240 valence electrons. The number of fused-ring (bicyclic) bond motifs is 2. The van der Waals surface area contributed by atoms with E-state index in [1.165, 1.54) is 22.1 Å². The van der Waals surface area contributed by atoms with Crippen molar-refractivity contribution in [3.63, 3.8) is 0 Å². The fourth-order valence-corrected chi connectivity index (χ4v) is 5.09. The first-order chi connectivity index (χ1) is 22.2. The summed E-state index contributed by atoms with van der Waals surface area (Å²) in [5.74, 6) is 0.322. The second kappa shape index (κ2) is 14.8. The molecule has 0 saturated carbocycles. The van der Waals surface area contributed by atoms with Crippen LogP contribution in [0.5, 0.6) is 11.5 Å². The van der Waals surface area contributed by atoms with Crippen molar-refractivity contribution in [2.24, 2.45) is 0 Å². The summed E-state index contributed by atoms with van der Waals surface area (Å²) in [6.45, 7) is 4.20. The predicted octanol–water partition coefficient (Wildman–Crippen LogP) is 6.21. The third-order valence-corrected chi connectivity index (χ3v) is 7.61. The number of halogens is 1. The third-order valence-electron chi connectivity index (χ3n) is 7.37. The summed E-state index contributed by atoms with van der Waals surface area (Å²) in [6, 6.07) is 16.0. The number of amides is 3. The first-order valence-electron chi connectivity index (χ1n) is 14.9. The fourth-order valence-electron chi connectivity index (χ4n) is 4.92. The average Bonchev–Trinajstić information content (AvgIpc) is 3.52. The molecular formula is C34H34ClN3O8. The molecule has 0 fully saturated rings. The SMILES string of the molecule is CCCCN(CC(=O)N(Cc1ccc2c(c1)OCO2)Cc1coc2ccc(Cl)cc2c1=O)C(=O)Nc1ccc(C(=O)OCC)cc1. The maximum Gasteiger partial charge on any atom is 0.338 e. The monoisotopic (exact) mass is 647 g/mol. The van der Waals surface area contributed by atoms with Crippen molar-refractivity contribution >= 4 is 46.2 Å². The van der Waals surface area contributed by atoms with Gasteiger partial charge in [0.15, 0.2) is 16.9 Å². The Kier molecular flexibility index (Phi) is 10.4. The molecule has 4 aromatic rings. The predicted molar refractivity (Wildman–Crippen MR) is 172 cm³/mol. The number of anilines is 1. The molecule has 1 aliphatic heterocycles. The molecule has 0 spiro atoms. The Labute approximate surface area is 270 Å². The molecule has 2 heterocycles. The number of nitrogens with zero attached hydrogens (tertiary/aromatic N) is 2. The Bertz CT molecular complexity index is 1790. The van der Waals surface area contributed by atoms with E-state index >= 15 is 0 Å². The Morgan fingerprint density at radius 2 is 1.72 bits per heavy atom. The summed E-state index contributed by atoms with van der Waals surface area (Å²) in [5, 5.41) is 3.50. The second-order valence-electron chi connectivity index (χ2n) is 10.7. The number of unbranched alkanes of at least 4 members (excludes halogenated alkanes) is 1. The summed E-state index contributed by atoms with van der Waals surface area (Å²) < 4.78 is 21.7. The molecule has 0 radical (unpaired) electrons. The smallest absolute Gasteiger partial charge is 0.338 e. The molecule has 5 rings (SSSR count). The van der Waals surface area contributed by atoms with E-state index in [1.807, 2.05) is 13.0 Å². The highest BCUT2D eigenvalue weighted by atomic mass is 35.5. The van der Waals surface area contributed by atoms with Crippen molar-refractivity contribution in [2.75, 3.05) is 31.8 Å². The molecule has 0 unspecified atom stereocenters. The number of ether oxygens (including phenoxy) is 3. The Balaban J connectivity index is 1.38. The van der Waals surface area contributed by atoms with Crippen LogP contribution in [-0.4, -0.2) is 54.2 Å². The van der Waals surface area contributed by atoms with Gasteiger partial charge in [-0.25, -0.2) is 9.59 Å². The molecule has 46 heavy (non-hydrogen) atoms. The minimum Gasteiger partial charge on any atom is -0.464 e. The van der Waals surface area contributed by atoms with Gasteiger partial charge >= 0.3 is 12.0 Å². The number of benzene rings is 3. The quantitative estimate of drug-likeness (QED) is 0.180. The van der Waals surface area contributed by atoms with Crippen molar-refractivity contribution in [2.45, 2.75) is 39.8 Å². The van der Waals surface area contributed by atoms with Gasteiger partial charge in [0.05, 0.1) is 35.9 Å². The number of nitrogens with one attached hydrogen (secondary N) is 1. The molecule has 1 aromatic heterocycles. The van der Waals surface area contributed by atoms with E-state index in [-0.39, 0.29) is 49.9 Å². The van der Waals surface area contributed by atoms with Gasteiger partial charge in [0.25, 0.3) is 0 Å². The highest BCUT2D eigenvalue weighted by molar-refractivity contribution is 6.31. The van der Waals surface area contributed by atoms with Gasteiger partial charge in [0.1, 0.15) is 12.1 Å². The minimum absolute atomic E-state index is 0.0728. The summed E-state index contributed by atoms with van der Waals surface area (Å²) in [5.41, 5.74) is 1.89. The fraction of sp³-hybridized carbons (Fsp3) is 0.294. The van der Waals surface area contributed by atoms with Crippen LogP contribution in [0.4, 0.5) is 10.5 Å². The van der Waals surface area contributed by atoms with Crippen molar-refractivity contribution in [3.8, 4) is 11.5 Å². The van der Waals surface area contributed by atoms with Crippen LogP contribution in [0, 0.1) is 0 Å². The van der Waals surface area contributed by atoms with E-state index in [0.717, 1.165) is 12.0 Å². The third kappa shape index (κ3) is 7.78. The van der Waals surface area contributed by atoms with E-state index in [0.29, 0.717) is 51.7 Å². The van der Waals surface area contributed by atoms with Crippen LogP contribution >= 0.6 is 11.6 Å². The van der Waals surface area contributed by atoms with E-state index in [4.69, 9.17) is 30.2 Å². The first-order valence-corrected chi connectivity index (χ1v) is 15.3. The van der Waals surface area contributed by atoms with Crippen molar-refractivity contribution in [1.29, 1.82) is 0 Å². The van der Waals surface area contributed by atoms with Gasteiger partial charge in [0, 0.05) is 23.8 Å². The number of esters is 1. The maximum atomic E-state index is 14.0. The van der Waals surface area contributed by atoms with Gasteiger partial charge in [-0.1, -0.05) is 31.0 Å². The van der Waals surface area contributed by atoms with E-state index in [1.54, 1.807) is 55.5 Å². The van der Waals surface area contributed by atoms with Gasteiger partial charge in [-0.05, 0) is 73.5 Å². The largest absolute Gasteiger partial charge is 0.464 e. The van der Waals surface area contributed by atoms with Gasteiger partial charge in [-0.3, -0.25) is 9.59 Å². The van der Waals surface area contributed by atoms with Crippen LogP contribution in [0.3, 0.4) is 0 Å². The molecule has 3 aromatic carbocycles. The summed E-state index contributed by atoms with van der Waals surface area (Å²) >= 11 is 6.14. The zero-order valence-corrected chi connectivity index (χ0v) is 26.3. The first kappa shape index (κ1) is 32.4. The molecule has 3 amide bonds. The summed E-state index contributed by atoms with van der Waals surface area (Å²) in [6.07, 6.45) is 2.81. The molecule has 1 aliphatic rings. The number of rotatable bonds is 12. The molecule has 0 atom stereocenters. The van der Waals surface area contributed by atoms with Crippen molar-refractivity contribution < 1.29 is 33.0 Å². The summed E-state index contributed by atoms with van der Waals surface area (Å²) in [7, 11) is 0. The van der Waals surface area contributed by atoms with Gasteiger partial charge in [-0.15, -0.1) is 0 Å². The molecule has 11 nitrogen and oxygen atoms in total. The minimum atomic E-state index is -0.478. The molecule has 1 N–H and O–H groups in total. The summed E-state index contributed by atoms with van der Waals surface area (Å²) in [4.78, 5) is 55.7. The lowest BCUT2D eigenvalue weighted by Crippen LogP contribution is -2.44. The number of hydrogen-bond acceptors (Lipinski definition) is 8. The normalized spacial score (nSPS) is 11.7. The lowest BCUT2D eigenvalue weighted by molar-refractivity contribution is -0.133. The van der Waals surface area contributed by atoms with Gasteiger partial charge < -0.3 is 33.7 Å². The lowest BCUT2D eigenvalue weighted by atomic mass is 10.1. The highest BCUT2D eigenvalue weighted by Gasteiger charge is 2.24. The lowest BCUT2D eigenvalue weighted by Gasteiger charge is -2.28. The number of carbonyl (C=O) groups is 3. The van der Waals surface area contributed by atoms with E-state index < -0.39 is 12.0 Å². The van der Waals surface area contributed by atoms with Crippen LogP contribution in [0.2, 0.25) is 5.02 Å². The van der Waals surface area contributed by atoms with E-state index in [9.17, 15) is 19.2 Å². The zero-order valence-electron chi connectivity index (χ0n) is 25.5. The van der Waals surface area contributed by atoms with Crippen LogP contribution < -0.4 is 20.2 Å². The van der Waals surface area contributed by atoms with Crippen LogP contribution in [0.15, 0.2) is 76.1 Å². The molecule has 0 aliphatic carbocycles. The average molecular weight is 648 g/mol. The van der Waals surface area contributed by atoms with Crippen LogP contribution in [-0.2, 0) is 22.6 Å². The number of hydrogen-bond donors (Lipinski definition) is 1. The number of carbonyl (C=O) groups excluding carboxylic acids is 3. The Hall–Kier alpha value is -5.03. The van der Waals surface area contributed by atoms with Crippen LogP contribution in [0.25, 0.3) is 11.0 Å². The van der Waals surface area contributed by atoms with Gasteiger partial charge in [-0.2, -0.15) is 0 Å². The Morgan fingerprint density at radius 3 is 2.48 bits per heavy atom.